The van der Waals surface area contributed by atoms with Gasteiger partial charge in [0.25, 0.3) is 0 Å². The summed E-state index contributed by atoms with van der Waals surface area (Å²) in [6.07, 6.45) is 1.25. The zero-order valence-electron chi connectivity index (χ0n) is 9.51. The fraction of sp³-hybridized carbons (Fsp3) is 0.538. The number of hydrogen-bond acceptors (Lipinski definition) is 1. The summed E-state index contributed by atoms with van der Waals surface area (Å²) in [5.41, 5.74) is 2.79. The second-order valence-electron chi connectivity index (χ2n) is 4.07. The van der Waals surface area contributed by atoms with Gasteiger partial charge in [-0.2, -0.15) is 0 Å². The zero-order chi connectivity index (χ0) is 10.4. The van der Waals surface area contributed by atoms with Crippen LogP contribution in [-0.4, -0.2) is 6.54 Å². The van der Waals surface area contributed by atoms with E-state index in [1.54, 1.807) is 0 Å². The fourth-order valence-electron chi connectivity index (χ4n) is 1.41. The van der Waals surface area contributed by atoms with Crippen LogP contribution in [0.5, 0.6) is 0 Å². The molecule has 1 heteroatoms. The topological polar surface area (TPSA) is 12.0 Å². The summed E-state index contributed by atoms with van der Waals surface area (Å²) in [6.45, 7) is 8.80. The van der Waals surface area contributed by atoms with Crippen LogP contribution in [0.3, 0.4) is 0 Å². The van der Waals surface area contributed by atoms with Gasteiger partial charge >= 0.3 is 0 Å². The summed E-state index contributed by atoms with van der Waals surface area (Å²) in [4.78, 5) is 0. The third-order valence-electron chi connectivity index (χ3n) is 2.77. The largest absolute Gasteiger partial charge is 0.312 e. The molecule has 0 fully saturated rings. The normalized spacial score (nSPS) is 12.8. The highest BCUT2D eigenvalue weighted by Crippen LogP contribution is 2.06. The molecule has 0 aliphatic heterocycles. The lowest BCUT2D eigenvalue weighted by molar-refractivity contribution is 0.499. The first kappa shape index (κ1) is 11.3. The minimum Gasteiger partial charge on any atom is -0.312 e. The predicted molar refractivity (Wildman–Crippen MR) is 62.3 cm³/mol. The zero-order valence-corrected chi connectivity index (χ0v) is 9.51. The molecule has 0 bridgehead atoms. The third-order valence-corrected chi connectivity index (χ3v) is 2.77. The Balaban J connectivity index is 2.35. The maximum Gasteiger partial charge on any atom is 0.0208 e. The van der Waals surface area contributed by atoms with Crippen LogP contribution in [-0.2, 0) is 6.54 Å². The molecule has 0 saturated carbocycles. The van der Waals surface area contributed by atoms with E-state index in [-0.39, 0.29) is 0 Å². The Labute approximate surface area is 87.5 Å². The molecule has 0 aliphatic rings. The van der Waals surface area contributed by atoms with Crippen LogP contribution < -0.4 is 5.32 Å². The first-order chi connectivity index (χ1) is 6.74. The molecule has 0 aliphatic carbocycles. The van der Waals surface area contributed by atoms with Crippen molar-refractivity contribution < 1.29 is 0 Å². The summed E-state index contributed by atoms with van der Waals surface area (Å²) in [5, 5.41) is 3.49. The highest BCUT2D eigenvalue weighted by atomic mass is 14.9. The van der Waals surface area contributed by atoms with Crippen LogP contribution >= 0.6 is 0 Å². The van der Waals surface area contributed by atoms with E-state index in [4.69, 9.17) is 0 Å². The van der Waals surface area contributed by atoms with E-state index in [0.29, 0.717) is 0 Å². The van der Waals surface area contributed by atoms with Crippen molar-refractivity contribution in [1.29, 1.82) is 0 Å². The fourth-order valence-corrected chi connectivity index (χ4v) is 1.41. The van der Waals surface area contributed by atoms with Gasteiger partial charge in [0.05, 0.1) is 0 Å². The van der Waals surface area contributed by atoms with Crippen LogP contribution in [0.25, 0.3) is 0 Å². The summed E-state index contributed by atoms with van der Waals surface area (Å²) in [7, 11) is 0. The Bertz CT molecular complexity index is 268. The van der Waals surface area contributed by atoms with Gasteiger partial charge in [-0.3, -0.25) is 0 Å². The highest BCUT2D eigenvalue weighted by Gasteiger charge is 1.99. The van der Waals surface area contributed by atoms with E-state index >= 15 is 0 Å². The number of hydrogen-bond donors (Lipinski definition) is 1. The number of benzene rings is 1. The van der Waals surface area contributed by atoms with Crippen molar-refractivity contribution in [2.24, 2.45) is 5.92 Å². The lowest BCUT2D eigenvalue weighted by Crippen LogP contribution is -2.20. The number of aryl methyl sites for hydroxylation is 1. The van der Waals surface area contributed by atoms with Crippen molar-refractivity contribution in [3.05, 3.63) is 35.4 Å². The Morgan fingerprint density at radius 2 is 2.00 bits per heavy atom. The molecule has 1 atom stereocenters. The summed E-state index contributed by atoms with van der Waals surface area (Å²) in [6, 6.07) is 8.56. The van der Waals surface area contributed by atoms with Crippen LogP contribution in [0.2, 0.25) is 0 Å². The van der Waals surface area contributed by atoms with E-state index in [2.05, 4.69) is 50.4 Å². The van der Waals surface area contributed by atoms with Crippen molar-refractivity contribution in [2.75, 3.05) is 6.54 Å². The minimum atomic E-state index is 0.777. The van der Waals surface area contributed by atoms with Gasteiger partial charge in [-0.05, 0) is 30.5 Å². The van der Waals surface area contributed by atoms with Crippen molar-refractivity contribution in [3.63, 3.8) is 0 Å². The molecular weight excluding hydrogens is 170 g/mol. The first-order valence-corrected chi connectivity index (χ1v) is 5.49. The van der Waals surface area contributed by atoms with E-state index in [9.17, 15) is 0 Å². The third kappa shape index (κ3) is 3.51. The molecule has 1 aromatic rings. The Hall–Kier alpha value is -0.820. The Morgan fingerprint density at radius 3 is 2.64 bits per heavy atom. The summed E-state index contributed by atoms with van der Waals surface area (Å²) < 4.78 is 0. The van der Waals surface area contributed by atoms with Crippen LogP contribution in [0.15, 0.2) is 24.3 Å². The number of nitrogens with one attached hydrogen (secondary N) is 1. The first-order valence-electron chi connectivity index (χ1n) is 5.49. The van der Waals surface area contributed by atoms with Crippen molar-refractivity contribution in [3.8, 4) is 0 Å². The van der Waals surface area contributed by atoms with Gasteiger partial charge in [-0.1, -0.05) is 44.5 Å². The van der Waals surface area contributed by atoms with Crippen LogP contribution in [0.4, 0.5) is 0 Å². The Morgan fingerprint density at radius 1 is 1.29 bits per heavy atom. The molecule has 0 aromatic heterocycles. The van der Waals surface area contributed by atoms with Gasteiger partial charge in [0, 0.05) is 6.54 Å². The van der Waals surface area contributed by atoms with E-state index in [1.807, 2.05) is 0 Å². The maximum atomic E-state index is 3.49. The average molecular weight is 191 g/mol. The molecule has 0 spiro atoms. The predicted octanol–water partition coefficient (Wildman–Crippen LogP) is 3.13. The second-order valence-corrected chi connectivity index (χ2v) is 4.07. The Kier molecular flexibility index (Phi) is 4.68. The van der Waals surface area contributed by atoms with E-state index in [0.717, 1.165) is 19.0 Å². The van der Waals surface area contributed by atoms with Gasteiger partial charge in [0.1, 0.15) is 0 Å². The number of rotatable bonds is 5. The molecule has 78 valence electrons. The highest BCUT2D eigenvalue weighted by molar-refractivity contribution is 5.25. The lowest BCUT2D eigenvalue weighted by Gasteiger charge is -2.11. The molecule has 1 nitrogen and oxygen atoms in total. The molecule has 0 saturated heterocycles. The van der Waals surface area contributed by atoms with E-state index in [1.165, 1.54) is 17.5 Å². The standard InChI is InChI=1S/C13H21N/c1-4-11(2)9-14-10-13-8-6-5-7-12(13)3/h5-8,11,14H,4,9-10H2,1-3H3. The molecule has 0 radical (unpaired) electrons. The summed E-state index contributed by atoms with van der Waals surface area (Å²) >= 11 is 0. The maximum absolute atomic E-state index is 3.49. The summed E-state index contributed by atoms with van der Waals surface area (Å²) in [5.74, 6) is 0.777. The molecule has 1 aromatic carbocycles. The van der Waals surface area contributed by atoms with Crippen molar-refractivity contribution >= 4 is 0 Å². The van der Waals surface area contributed by atoms with Gasteiger partial charge in [-0.25, -0.2) is 0 Å². The molecule has 1 unspecified atom stereocenters. The second kappa shape index (κ2) is 5.82. The molecule has 1 rings (SSSR count). The molecule has 1 N–H and O–H groups in total. The molecular formula is C13H21N. The monoisotopic (exact) mass is 191 g/mol. The van der Waals surface area contributed by atoms with Gasteiger partial charge in [-0.15, -0.1) is 0 Å². The van der Waals surface area contributed by atoms with Gasteiger partial charge in [0.15, 0.2) is 0 Å². The van der Waals surface area contributed by atoms with Crippen molar-refractivity contribution in [1.82, 2.24) is 5.32 Å². The van der Waals surface area contributed by atoms with Gasteiger partial charge < -0.3 is 5.32 Å². The molecule has 0 heterocycles. The SMILES string of the molecule is CCC(C)CNCc1ccccc1C. The van der Waals surface area contributed by atoms with E-state index < -0.39 is 0 Å². The average Bonchev–Trinajstić information content (AvgIpc) is 2.20. The van der Waals surface area contributed by atoms with Gasteiger partial charge in [0.2, 0.25) is 0 Å². The minimum absolute atomic E-state index is 0.777. The van der Waals surface area contributed by atoms with Crippen LogP contribution in [0.1, 0.15) is 31.4 Å². The molecule has 14 heavy (non-hydrogen) atoms. The quantitative estimate of drug-likeness (QED) is 0.754. The van der Waals surface area contributed by atoms with Crippen LogP contribution in [0, 0.1) is 12.8 Å². The smallest absolute Gasteiger partial charge is 0.0208 e. The molecule has 0 amide bonds. The van der Waals surface area contributed by atoms with Crippen molar-refractivity contribution in [2.45, 2.75) is 33.7 Å². The lowest BCUT2D eigenvalue weighted by atomic mass is 10.1.